The van der Waals surface area contributed by atoms with Gasteiger partial charge >= 0.3 is 5.97 Å². The van der Waals surface area contributed by atoms with Crippen molar-refractivity contribution in [1.82, 2.24) is 5.32 Å². The van der Waals surface area contributed by atoms with E-state index in [2.05, 4.69) is 18.2 Å². The monoisotopic (exact) mass is 731 g/mol. The first-order chi connectivity index (χ1) is 25.5. The van der Waals surface area contributed by atoms with Gasteiger partial charge in [0.05, 0.1) is 42.1 Å². The third-order valence-corrected chi connectivity index (χ3v) is 9.78. The first-order valence-corrected chi connectivity index (χ1v) is 17.9. The number of benzene rings is 2. The second kappa shape index (κ2) is 18.8. The minimum absolute atomic E-state index is 0.00317. The highest BCUT2D eigenvalue weighted by atomic mass is 16.7. The number of fused-ring (bicyclic) bond motifs is 3. The molecule has 12 nitrogen and oxygen atoms in total. The summed E-state index contributed by atoms with van der Waals surface area (Å²) in [5, 5.41) is 37.8. The maximum Gasteiger partial charge on any atom is 0.306 e. The van der Waals surface area contributed by atoms with Gasteiger partial charge in [0.2, 0.25) is 5.78 Å². The zero-order chi connectivity index (χ0) is 38.8. The Bertz CT molecular complexity index is 1760. The zero-order valence-electron chi connectivity index (χ0n) is 30.6. The van der Waals surface area contributed by atoms with Gasteiger partial charge in [-0.1, -0.05) is 49.8 Å². The van der Waals surface area contributed by atoms with Crippen LogP contribution in [0.25, 0.3) is 0 Å². The molecule has 1 fully saturated rings. The van der Waals surface area contributed by atoms with Crippen LogP contribution in [0.4, 0.5) is 0 Å². The molecule has 6 atom stereocenters. The molecule has 3 aliphatic rings. The van der Waals surface area contributed by atoms with Crippen LogP contribution in [0.15, 0.2) is 42.5 Å². The van der Waals surface area contributed by atoms with E-state index in [0.717, 1.165) is 12.8 Å². The van der Waals surface area contributed by atoms with Crippen molar-refractivity contribution in [2.45, 2.75) is 96.4 Å². The molecule has 0 aromatic heterocycles. The quantitative estimate of drug-likeness (QED) is 0.0573. The predicted octanol–water partition coefficient (Wildman–Crippen LogP) is 5.03. The molecule has 1 heterocycles. The zero-order valence-corrected chi connectivity index (χ0v) is 30.6. The van der Waals surface area contributed by atoms with Crippen LogP contribution in [0.2, 0.25) is 0 Å². The van der Waals surface area contributed by atoms with Crippen LogP contribution in [-0.4, -0.2) is 83.4 Å². The predicted molar refractivity (Wildman–Crippen MR) is 196 cm³/mol. The molecule has 0 bridgehead atoms. The number of allylic oxidation sites excluding steroid dienone is 3. The molecule has 1 saturated heterocycles. The number of phenolic OH excluding ortho intramolecular Hbond substituents is 2. The van der Waals surface area contributed by atoms with Crippen LogP contribution in [0.5, 0.6) is 17.2 Å². The van der Waals surface area contributed by atoms with Crippen LogP contribution in [0.3, 0.4) is 0 Å². The fraction of sp³-hybridized carbons (Fsp3) is 0.463. The van der Waals surface area contributed by atoms with Crippen LogP contribution in [0.1, 0.15) is 108 Å². The summed E-state index contributed by atoms with van der Waals surface area (Å²) in [4.78, 5) is 53.5. The summed E-state index contributed by atoms with van der Waals surface area (Å²) in [7, 11) is 1.36. The van der Waals surface area contributed by atoms with Crippen molar-refractivity contribution in [2.75, 3.05) is 20.3 Å². The highest BCUT2D eigenvalue weighted by Crippen LogP contribution is 2.51. The van der Waals surface area contributed by atoms with E-state index >= 15 is 0 Å². The number of methoxy groups -OCH3 is 1. The van der Waals surface area contributed by atoms with Crippen LogP contribution < -0.4 is 10.1 Å². The molecule has 2 aromatic carbocycles. The van der Waals surface area contributed by atoms with E-state index in [9.17, 15) is 34.5 Å². The normalized spacial score (nSPS) is 23.5. The van der Waals surface area contributed by atoms with Gasteiger partial charge in [0, 0.05) is 41.5 Å². The van der Waals surface area contributed by atoms with Gasteiger partial charge in [0.1, 0.15) is 23.9 Å². The Hall–Kier alpha value is -4.80. The van der Waals surface area contributed by atoms with Crippen molar-refractivity contribution >= 4 is 23.3 Å². The number of hydrogen-bond acceptors (Lipinski definition) is 12. The van der Waals surface area contributed by atoms with Crippen molar-refractivity contribution < 1.29 is 53.4 Å². The maximum absolute atomic E-state index is 14.0. The topological polar surface area (TPSA) is 178 Å². The van der Waals surface area contributed by atoms with Crippen LogP contribution in [-0.2, 0) is 30.2 Å². The smallest absolute Gasteiger partial charge is 0.306 e. The maximum atomic E-state index is 14.0. The Kier molecular flexibility index (Phi) is 14.5. The van der Waals surface area contributed by atoms with Crippen LogP contribution in [0, 0.1) is 18.8 Å². The highest BCUT2D eigenvalue weighted by molar-refractivity contribution is 6.31. The van der Waals surface area contributed by atoms with Crippen molar-refractivity contribution in [3.8, 4) is 30.1 Å². The number of ether oxygens (including phenoxy) is 4. The van der Waals surface area contributed by atoms with Gasteiger partial charge in [-0.25, -0.2) is 0 Å². The summed E-state index contributed by atoms with van der Waals surface area (Å²) in [6, 6.07) is 4.11. The minimum atomic E-state index is -1.09. The fourth-order valence-electron chi connectivity index (χ4n) is 7.07. The van der Waals surface area contributed by atoms with E-state index in [1.54, 1.807) is 13.0 Å². The van der Waals surface area contributed by atoms with Gasteiger partial charge in [-0.05, 0) is 52.1 Å². The molecular weight excluding hydrogens is 682 g/mol. The van der Waals surface area contributed by atoms with E-state index < -0.39 is 78.0 Å². The third-order valence-electron chi connectivity index (χ3n) is 9.78. The Labute approximate surface area is 310 Å². The second-order valence-corrected chi connectivity index (χ2v) is 13.2. The molecule has 0 spiro atoms. The first-order valence-electron chi connectivity index (χ1n) is 17.9. The molecule has 5 rings (SSSR count). The molecule has 2 unspecified atom stereocenters. The lowest BCUT2D eigenvalue weighted by atomic mass is 9.73. The standard InChI is InChI=1S/C39H47NO11.C2H2/c1-5-7-9-10-11-16-40-25-19-30(50-21(3)35(25)43)51-28-18-22(26(41)20-49-29(42)15-8-6-2)17-24-32(28)39(47)34-33(37(24)45)36(44)23-13-12-14-27(48-4)31(23)38(34)46;1-2/h5,7,9-10,12-14,21-22,25,28,30,35,40,43,45,47H,6,8,11,15-20H2,1-4H3;1-2H/b7-5-,10-9-;/t21-,22?,25+,28-,30?,35+;/m0./s1. The Morgan fingerprint density at radius 3 is 2.49 bits per heavy atom. The van der Waals surface area contributed by atoms with E-state index in [0.29, 0.717) is 13.0 Å². The molecule has 0 saturated carbocycles. The molecule has 53 heavy (non-hydrogen) atoms. The number of terminal acetylenes is 1. The number of Topliss-reactive ketones (excluding diaryl/α,β-unsaturated/α-hetero) is 1. The fourth-order valence-corrected chi connectivity index (χ4v) is 7.07. The number of carbonyl (C=O) groups is 4. The number of aliphatic hydroxyl groups is 1. The molecule has 2 aliphatic carbocycles. The second-order valence-electron chi connectivity index (χ2n) is 13.2. The molecule has 12 heteroatoms. The summed E-state index contributed by atoms with van der Waals surface area (Å²) in [6.07, 6.45) is 14.7. The van der Waals surface area contributed by atoms with Gasteiger partial charge in [0.15, 0.2) is 17.9 Å². The molecule has 2 aromatic rings. The summed E-state index contributed by atoms with van der Waals surface area (Å²) in [5.74, 6) is -4.08. The van der Waals surface area contributed by atoms with Crippen LogP contribution >= 0.6 is 0 Å². The number of aromatic hydroxyl groups is 2. The summed E-state index contributed by atoms with van der Waals surface area (Å²) in [5.41, 5.74) is -0.626. The Balaban J connectivity index is 0.00000308. The minimum Gasteiger partial charge on any atom is -0.507 e. The van der Waals surface area contributed by atoms with Gasteiger partial charge in [0.25, 0.3) is 0 Å². The molecular formula is C41H49NO11. The number of esters is 1. The van der Waals surface area contributed by atoms with Crippen molar-refractivity contribution in [3.63, 3.8) is 0 Å². The molecule has 0 radical (unpaired) electrons. The number of nitrogens with one attached hydrogen (secondary N) is 1. The first kappa shape index (κ1) is 41.0. The highest BCUT2D eigenvalue weighted by Gasteiger charge is 2.45. The molecule has 0 amide bonds. The van der Waals surface area contributed by atoms with Gasteiger partial charge in [-0.2, -0.15) is 0 Å². The van der Waals surface area contributed by atoms with Crippen molar-refractivity contribution in [1.29, 1.82) is 0 Å². The number of hydrogen-bond donors (Lipinski definition) is 4. The third kappa shape index (κ3) is 8.88. The van der Waals surface area contributed by atoms with Gasteiger partial charge in [-0.15, -0.1) is 12.8 Å². The van der Waals surface area contributed by atoms with Crippen molar-refractivity contribution in [3.05, 3.63) is 75.9 Å². The average molecular weight is 732 g/mol. The molecule has 1 aliphatic heterocycles. The summed E-state index contributed by atoms with van der Waals surface area (Å²) in [6.45, 7) is 5.67. The van der Waals surface area contributed by atoms with E-state index in [1.165, 1.54) is 19.2 Å². The lowest BCUT2D eigenvalue weighted by molar-refractivity contribution is -0.246. The van der Waals surface area contributed by atoms with E-state index in [4.69, 9.17) is 18.9 Å². The summed E-state index contributed by atoms with van der Waals surface area (Å²) < 4.78 is 23.2. The number of ketones is 3. The largest absolute Gasteiger partial charge is 0.507 e. The lowest BCUT2D eigenvalue weighted by Crippen LogP contribution is -2.54. The SMILES string of the molecule is C#C.C/C=C\C=C/CCN[C@@H]1CC(O[C@H]2CC(C(=O)COC(=O)CCCC)Cc3c(O)c4c(c(O)c32)C(=O)c2c(OC)cccc2C4=O)O[C@@H](C)[C@H]1O. The molecule has 284 valence electrons. The lowest BCUT2D eigenvalue weighted by Gasteiger charge is -2.41. The number of unbranched alkanes of at least 4 members (excludes halogenated alkanes) is 1. The van der Waals surface area contributed by atoms with Crippen molar-refractivity contribution in [2.24, 2.45) is 5.92 Å². The van der Waals surface area contributed by atoms with Gasteiger partial charge in [-0.3, -0.25) is 19.2 Å². The Morgan fingerprint density at radius 2 is 1.79 bits per heavy atom. The Morgan fingerprint density at radius 1 is 1.06 bits per heavy atom. The number of phenols is 2. The van der Waals surface area contributed by atoms with Gasteiger partial charge < -0.3 is 39.6 Å². The average Bonchev–Trinajstić information content (AvgIpc) is 3.16. The van der Waals surface area contributed by atoms with E-state index in [-0.39, 0.29) is 64.8 Å². The number of rotatable bonds is 14. The van der Waals surface area contributed by atoms with E-state index in [1.807, 2.05) is 38.2 Å². The summed E-state index contributed by atoms with van der Waals surface area (Å²) >= 11 is 0. The number of aliphatic hydroxyl groups excluding tert-OH is 1. The molecule has 4 N–H and O–H groups in total. The number of carbonyl (C=O) groups excluding carboxylic acids is 4.